The van der Waals surface area contributed by atoms with E-state index in [9.17, 15) is 0 Å². The van der Waals surface area contributed by atoms with E-state index in [1.54, 1.807) is 0 Å². The van der Waals surface area contributed by atoms with Gasteiger partial charge < -0.3 is 10.6 Å². The number of rotatable bonds is 2. The zero-order chi connectivity index (χ0) is 13.0. The highest BCUT2D eigenvalue weighted by Crippen LogP contribution is 2.16. The van der Waals surface area contributed by atoms with Crippen LogP contribution in [0.3, 0.4) is 0 Å². The summed E-state index contributed by atoms with van der Waals surface area (Å²) in [7, 11) is 0. The van der Waals surface area contributed by atoms with Gasteiger partial charge in [0.05, 0.1) is 6.54 Å². The van der Waals surface area contributed by atoms with Gasteiger partial charge in [-0.1, -0.05) is 30.7 Å². The zero-order valence-electron chi connectivity index (χ0n) is 11.2. The lowest BCUT2D eigenvalue weighted by Gasteiger charge is -2.31. The molecule has 1 aliphatic heterocycles. The van der Waals surface area contributed by atoms with Gasteiger partial charge in [0.1, 0.15) is 0 Å². The summed E-state index contributed by atoms with van der Waals surface area (Å²) in [6, 6.07) is 7.73. The van der Waals surface area contributed by atoms with Gasteiger partial charge in [-0.15, -0.1) is 24.0 Å². The molecule has 0 spiro atoms. The normalized spacial score (nSPS) is 17.2. The maximum absolute atomic E-state index is 6.02. The number of nitrogens with zero attached hydrogens (tertiary/aromatic N) is 2. The first-order valence-corrected chi connectivity index (χ1v) is 6.82. The molecule has 1 fully saturated rings. The largest absolute Gasteiger partial charge is 0.370 e. The van der Waals surface area contributed by atoms with Crippen molar-refractivity contribution in [2.75, 3.05) is 13.1 Å². The second kappa shape index (κ2) is 7.94. The van der Waals surface area contributed by atoms with E-state index in [-0.39, 0.29) is 24.0 Å². The standard InChI is InChI=1S/C14H20ClN3.HI/c1-11-6-8-18(9-7-11)14(16)17-10-12-2-4-13(15)5-3-12;/h2-5,11H,6-10H2,1H3,(H2,16,17);1H. The van der Waals surface area contributed by atoms with Crippen LogP contribution in [0.1, 0.15) is 25.3 Å². The summed E-state index contributed by atoms with van der Waals surface area (Å²) in [6.07, 6.45) is 2.41. The number of benzene rings is 1. The van der Waals surface area contributed by atoms with Crippen molar-refractivity contribution < 1.29 is 0 Å². The molecular weight excluding hydrogens is 373 g/mol. The van der Waals surface area contributed by atoms with E-state index in [2.05, 4.69) is 16.8 Å². The highest BCUT2D eigenvalue weighted by atomic mass is 127. The third kappa shape index (κ3) is 5.18. The van der Waals surface area contributed by atoms with Gasteiger partial charge in [0.2, 0.25) is 0 Å². The van der Waals surface area contributed by atoms with Crippen molar-refractivity contribution >= 4 is 41.5 Å². The molecule has 0 atom stereocenters. The van der Waals surface area contributed by atoms with Gasteiger partial charge >= 0.3 is 0 Å². The Labute approximate surface area is 137 Å². The van der Waals surface area contributed by atoms with Gasteiger partial charge in [0, 0.05) is 18.1 Å². The Morgan fingerprint density at radius 3 is 2.47 bits per heavy atom. The summed E-state index contributed by atoms with van der Waals surface area (Å²) < 4.78 is 0. The van der Waals surface area contributed by atoms with Crippen LogP contribution in [0.5, 0.6) is 0 Å². The number of aliphatic imine (C=N–C) groups is 1. The minimum absolute atomic E-state index is 0. The SMILES string of the molecule is CC1CCN(C(N)=NCc2ccc(Cl)cc2)CC1.I. The first kappa shape index (κ1) is 16.6. The first-order valence-electron chi connectivity index (χ1n) is 6.44. The van der Waals surface area contributed by atoms with Crippen molar-refractivity contribution in [1.82, 2.24) is 4.90 Å². The predicted octanol–water partition coefficient (Wildman–Crippen LogP) is 3.50. The molecule has 1 aliphatic rings. The lowest BCUT2D eigenvalue weighted by Crippen LogP contribution is -2.42. The molecule has 0 amide bonds. The molecule has 2 N–H and O–H groups in total. The molecule has 19 heavy (non-hydrogen) atoms. The number of nitrogens with two attached hydrogens (primary N) is 1. The third-order valence-corrected chi connectivity index (χ3v) is 3.70. The van der Waals surface area contributed by atoms with Crippen LogP contribution in [0, 0.1) is 5.92 Å². The van der Waals surface area contributed by atoms with Gasteiger partial charge in [-0.25, -0.2) is 4.99 Å². The van der Waals surface area contributed by atoms with Crippen molar-refractivity contribution in [2.45, 2.75) is 26.3 Å². The molecule has 3 nitrogen and oxygen atoms in total. The van der Waals surface area contributed by atoms with Crippen molar-refractivity contribution in [3.63, 3.8) is 0 Å². The molecule has 5 heteroatoms. The Kier molecular flexibility index (Phi) is 6.93. The van der Waals surface area contributed by atoms with Gasteiger partial charge in [-0.3, -0.25) is 0 Å². The highest BCUT2D eigenvalue weighted by molar-refractivity contribution is 14.0. The first-order chi connectivity index (χ1) is 8.65. The molecule has 0 saturated carbocycles. The minimum Gasteiger partial charge on any atom is -0.370 e. The molecule has 0 radical (unpaired) electrons. The third-order valence-electron chi connectivity index (χ3n) is 3.44. The van der Waals surface area contributed by atoms with Crippen LogP contribution >= 0.6 is 35.6 Å². The van der Waals surface area contributed by atoms with Crippen LogP contribution < -0.4 is 5.73 Å². The van der Waals surface area contributed by atoms with E-state index in [1.165, 1.54) is 12.8 Å². The van der Waals surface area contributed by atoms with Crippen molar-refractivity contribution in [3.05, 3.63) is 34.9 Å². The number of piperidine rings is 1. The van der Waals surface area contributed by atoms with E-state index in [0.717, 1.165) is 29.6 Å². The smallest absolute Gasteiger partial charge is 0.191 e. The summed E-state index contributed by atoms with van der Waals surface area (Å²) in [6.45, 7) is 4.96. The number of guanidine groups is 1. The molecule has 1 aromatic rings. The van der Waals surface area contributed by atoms with E-state index in [4.69, 9.17) is 17.3 Å². The Bertz CT molecular complexity index is 411. The number of hydrogen-bond acceptors (Lipinski definition) is 1. The quantitative estimate of drug-likeness (QED) is 0.475. The lowest BCUT2D eigenvalue weighted by atomic mass is 10.00. The predicted molar refractivity (Wildman–Crippen MR) is 92.2 cm³/mol. The Balaban J connectivity index is 0.00000180. The molecular formula is C14H21ClIN3. The van der Waals surface area contributed by atoms with Crippen molar-refractivity contribution in [1.29, 1.82) is 0 Å². The maximum Gasteiger partial charge on any atom is 0.191 e. The molecule has 0 aliphatic carbocycles. The fraction of sp³-hybridized carbons (Fsp3) is 0.500. The lowest BCUT2D eigenvalue weighted by molar-refractivity contribution is 0.277. The molecule has 106 valence electrons. The second-order valence-corrected chi connectivity index (χ2v) is 5.41. The second-order valence-electron chi connectivity index (χ2n) is 4.97. The fourth-order valence-electron chi connectivity index (χ4n) is 2.10. The molecule has 0 aromatic heterocycles. The van der Waals surface area contributed by atoms with Crippen LogP contribution in [0.4, 0.5) is 0 Å². The average molecular weight is 394 g/mol. The van der Waals surface area contributed by atoms with Crippen LogP contribution in [-0.4, -0.2) is 23.9 Å². The summed E-state index contributed by atoms with van der Waals surface area (Å²) in [5.74, 6) is 1.47. The summed E-state index contributed by atoms with van der Waals surface area (Å²) in [5.41, 5.74) is 7.15. The average Bonchev–Trinajstić information content (AvgIpc) is 2.38. The van der Waals surface area contributed by atoms with Gasteiger partial charge in [0.25, 0.3) is 0 Å². The number of hydrogen-bond donors (Lipinski definition) is 1. The van der Waals surface area contributed by atoms with Crippen LogP contribution in [0.2, 0.25) is 5.02 Å². The van der Waals surface area contributed by atoms with Gasteiger partial charge in [-0.05, 0) is 36.5 Å². The Hall–Kier alpha value is -0.490. The molecule has 1 heterocycles. The summed E-state index contributed by atoms with van der Waals surface area (Å²) in [5, 5.41) is 0.751. The molecule has 1 aromatic carbocycles. The van der Waals surface area contributed by atoms with Gasteiger partial charge in [0.15, 0.2) is 5.96 Å². The fourth-order valence-corrected chi connectivity index (χ4v) is 2.23. The van der Waals surface area contributed by atoms with Crippen LogP contribution in [-0.2, 0) is 6.54 Å². The minimum atomic E-state index is 0. The van der Waals surface area contributed by atoms with Crippen LogP contribution in [0.15, 0.2) is 29.3 Å². The van der Waals surface area contributed by atoms with E-state index in [0.29, 0.717) is 12.5 Å². The zero-order valence-corrected chi connectivity index (χ0v) is 14.3. The summed E-state index contributed by atoms with van der Waals surface area (Å²) >= 11 is 5.84. The molecule has 1 saturated heterocycles. The van der Waals surface area contributed by atoms with Gasteiger partial charge in [-0.2, -0.15) is 0 Å². The molecule has 0 bridgehead atoms. The van der Waals surface area contributed by atoms with E-state index in [1.807, 2.05) is 24.3 Å². The number of halogens is 2. The molecule has 0 unspecified atom stereocenters. The van der Waals surface area contributed by atoms with E-state index < -0.39 is 0 Å². The Morgan fingerprint density at radius 2 is 1.89 bits per heavy atom. The van der Waals surface area contributed by atoms with Crippen LogP contribution in [0.25, 0.3) is 0 Å². The maximum atomic E-state index is 6.02. The monoisotopic (exact) mass is 393 g/mol. The van der Waals surface area contributed by atoms with E-state index >= 15 is 0 Å². The Morgan fingerprint density at radius 1 is 1.32 bits per heavy atom. The summed E-state index contributed by atoms with van der Waals surface area (Å²) in [4.78, 5) is 6.63. The van der Waals surface area contributed by atoms with Crippen molar-refractivity contribution in [2.24, 2.45) is 16.6 Å². The highest BCUT2D eigenvalue weighted by Gasteiger charge is 2.16. The topological polar surface area (TPSA) is 41.6 Å². The molecule has 2 rings (SSSR count). The van der Waals surface area contributed by atoms with Crippen molar-refractivity contribution in [3.8, 4) is 0 Å². The number of likely N-dealkylation sites (tertiary alicyclic amines) is 1.